The highest BCUT2D eigenvalue weighted by Crippen LogP contribution is 2.26. The molecule has 1 amide bonds. The third-order valence-electron chi connectivity index (χ3n) is 3.87. The second kappa shape index (κ2) is 6.41. The SMILES string of the molecule is Cc1ccc(C(N)=NO)cc1NC(=O)C1CCCCC1. The Balaban J connectivity index is 2.13. The third-order valence-corrected chi connectivity index (χ3v) is 3.87. The third kappa shape index (κ3) is 3.29. The van der Waals surface area contributed by atoms with Crippen molar-refractivity contribution in [3.8, 4) is 0 Å². The Morgan fingerprint density at radius 2 is 2.05 bits per heavy atom. The highest BCUT2D eigenvalue weighted by Gasteiger charge is 2.21. The number of hydrogen-bond donors (Lipinski definition) is 3. The summed E-state index contributed by atoms with van der Waals surface area (Å²) in [6.07, 6.45) is 5.40. The summed E-state index contributed by atoms with van der Waals surface area (Å²) >= 11 is 0. The molecular formula is C15H21N3O2. The molecule has 1 aliphatic carbocycles. The second-order valence-corrected chi connectivity index (χ2v) is 5.34. The molecule has 5 nitrogen and oxygen atoms in total. The first-order valence-corrected chi connectivity index (χ1v) is 7.01. The smallest absolute Gasteiger partial charge is 0.227 e. The maximum absolute atomic E-state index is 12.2. The molecule has 1 aromatic carbocycles. The van der Waals surface area contributed by atoms with E-state index in [1.165, 1.54) is 6.42 Å². The van der Waals surface area contributed by atoms with Crippen molar-refractivity contribution in [1.29, 1.82) is 0 Å². The van der Waals surface area contributed by atoms with Gasteiger partial charge in [-0.05, 0) is 31.4 Å². The maximum atomic E-state index is 12.2. The van der Waals surface area contributed by atoms with Gasteiger partial charge >= 0.3 is 0 Å². The van der Waals surface area contributed by atoms with Gasteiger partial charge in [0.15, 0.2) is 5.84 Å². The Hall–Kier alpha value is -2.04. The molecule has 0 radical (unpaired) electrons. The fourth-order valence-electron chi connectivity index (χ4n) is 2.57. The molecule has 5 heteroatoms. The fourth-order valence-corrected chi connectivity index (χ4v) is 2.57. The lowest BCUT2D eigenvalue weighted by molar-refractivity contribution is -0.120. The molecule has 108 valence electrons. The Morgan fingerprint density at radius 3 is 2.70 bits per heavy atom. The number of nitrogens with one attached hydrogen (secondary N) is 1. The number of nitrogens with two attached hydrogens (primary N) is 1. The van der Waals surface area contributed by atoms with E-state index in [9.17, 15) is 4.79 Å². The number of amides is 1. The van der Waals surface area contributed by atoms with E-state index in [1.807, 2.05) is 13.0 Å². The Bertz CT molecular complexity index is 520. The number of carbonyl (C=O) groups is 1. The molecule has 2 rings (SSSR count). The van der Waals surface area contributed by atoms with Crippen LogP contribution in [0.25, 0.3) is 0 Å². The summed E-state index contributed by atoms with van der Waals surface area (Å²) in [4.78, 5) is 12.2. The van der Waals surface area contributed by atoms with Crippen molar-refractivity contribution < 1.29 is 10.0 Å². The van der Waals surface area contributed by atoms with Crippen LogP contribution in [0.5, 0.6) is 0 Å². The minimum atomic E-state index is 0.0400. The summed E-state index contributed by atoms with van der Waals surface area (Å²) in [5, 5.41) is 14.7. The molecule has 1 saturated carbocycles. The predicted molar refractivity (Wildman–Crippen MR) is 78.9 cm³/mol. The molecule has 0 unspecified atom stereocenters. The lowest BCUT2D eigenvalue weighted by Gasteiger charge is -2.21. The summed E-state index contributed by atoms with van der Waals surface area (Å²) in [5.74, 6) is 0.221. The first-order valence-electron chi connectivity index (χ1n) is 7.01. The van der Waals surface area contributed by atoms with E-state index in [0.717, 1.165) is 36.9 Å². The van der Waals surface area contributed by atoms with Crippen molar-refractivity contribution in [2.24, 2.45) is 16.8 Å². The molecule has 0 aromatic heterocycles. The second-order valence-electron chi connectivity index (χ2n) is 5.34. The number of aryl methyl sites for hydroxylation is 1. The molecular weight excluding hydrogens is 254 g/mol. The van der Waals surface area contributed by atoms with Crippen molar-refractivity contribution in [1.82, 2.24) is 0 Å². The average Bonchev–Trinajstić information content (AvgIpc) is 2.49. The van der Waals surface area contributed by atoms with E-state index in [1.54, 1.807) is 12.1 Å². The molecule has 20 heavy (non-hydrogen) atoms. The molecule has 1 fully saturated rings. The summed E-state index contributed by atoms with van der Waals surface area (Å²) < 4.78 is 0. The number of oxime groups is 1. The van der Waals surface area contributed by atoms with E-state index in [0.29, 0.717) is 5.56 Å². The van der Waals surface area contributed by atoms with Crippen LogP contribution in [-0.2, 0) is 4.79 Å². The number of rotatable bonds is 3. The van der Waals surface area contributed by atoms with Gasteiger partial charge in [0.05, 0.1) is 0 Å². The largest absolute Gasteiger partial charge is 0.409 e. The molecule has 0 spiro atoms. The lowest BCUT2D eigenvalue weighted by Crippen LogP contribution is -2.25. The summed E-state index contributed by atoms with van der Waals surface area (Å²) in [7, 11) is 0. The van der Waals surface area contributed by atoms with Gasteiger partial charge in [-0.2, -0.15) is 0 Å². The van der Waals surface area contributed by atoms with Crippen LogP contribution in [0.15, 0.2) is 23.4 Å². The van der Waals surface area contributed by atoms with E-state index >= 15 is 0 Å². The first-order chi connectivity index (χ1) is 9.61. The zero-order valence-corrected chi connectivity index (χ0v) is 11.7. The molecule has 1 aromatic rings. The van der Waals surface area contributed by atoms with Gasteiger partial charge in [-0.1, -0.05) is 36.6 Å². The van der Waals surface area contributed by atoms with E-state index in [4.69, 9.17) is 10.9 Å². The minimum Gasteiger partial charge on any atom is -0.409 e. The van der Waals surface area contributed by atoms with Crippen molar-refractivity contribution in [3.63, 3.8) is 0 Å². The van der Waals surface area contributed by atoms with Crippen LogP contribution < -0.4 is 11.1 Å². The van der Waals surface area contributed by atoms with Gasteiger partial charge in [0.25, 0.3) is 0 Å². The van der Waals surface area contributed by atoms with E-state index < -0.39 is 0 Å². The van der Waals surface area contributed by atoms with Gasteiger partial charge in [-0.3, -0.25) is 4.79 Å². The Morgan fingerprint density at radius 1 is 1.35 bits per heavy atom. The number of hydrogen-bond acceptors (Lipinski definition) is 3. The van der Waals surface area contributed by atoms with Gasteiger partial charge in [0, 0.05) is 17.2 Å². The number of amidine groups is 1. The lowest BCUT2D eigenvalue weighted by atomic mass is 9.88. The molecule has 4 N–H and O–H groups in total. The van der Waals surface area contributed by atoms with Crippen LogP contribution in [0, 0.1) is 12.8 Å². The highest BCUT2D eigenvalue weighted by atomic mass is 16.4. The van der Waals surface area contributed by atoms with Crippen LogP contribution in [-0.4, -0.2) is 17.0 Å². The van der Waals surface area contributed by atoms with Crippen LogP contribution in [0.1, 0.15) is 43.2 Å². The quantitative estimate of drug-likeness (QED) is 0.343. The van der Waals surface area contributed by atoms with Crippen molar-refractivity contribution in [2.45, 2.75) is 39.0 Å². The predicted octanol–water partition coefficient (Wildman–Crippen LogP) is 2.61. The van der Waals surface area contributed by atoms with Crippen LogP contribution in [0.2, 0.25) is 0 Å². The molecule has 0 atom stereocenters. The van der Waals surface area contributed by atoms with E-state index in [2.05, 4.69) is 10.5 Å². The standard InChI is InChI=1S/C15H21N3O2/c1-10-7-8-12(14(16)18-20)9-13(10)17-15(19)11-5-3-2-4-6-11/h7-9,11,20H,2-6H2,1H3,(H2,16,18)(H,17,19). The van der Waals surface area contributed by atoms with Gasteiger partial charge in [-0.25, -0.2) is 0 Å². The maximum Gasteiger partial charge on any atom is 0.227 e. The topological polar surface area (TPSA) is 87.7 Å². The normalized spacial score (nSPS) is 16.9. The average molecular weight is 275 g/mol. The first kappa shape index (κ1) is 14.4. The Kier molecular flexibility index (Phi) is 4.61. The molecule has 1 aliphatic rings. The zero-order valence-electron chi connectivity index (χ0n) is 11.7. The van der Waals surface area contributed by atoms with Crippen LogP contribution in [0.4, 0.5) is 5.69 Å². The van der Waals surface area contributed by atoms with Gasteiger partial charge in [-0.15, -0.1) is 0 Å². The molecule has 0 bridgehead atoms. The molecule has 0 aliphatic heterocycles. The highest BCUT2D eigenvalue weighted by molar-refractivity contribution is 6.00. The summed E-state index contributed by atoms with van der Waals surface area (Å²) in [5.41, 5.74) is 7.86. The van der Waals surface area contributed by atoms with Crippen LogP contribution >= 0.6 is 0 Å². The number of benzene rings is 1. The van der Waals surface area contributed by atoms with Gasteiger partial charge in [0.1, 0.15) is 0 Å². The van der Waals surface area contributed by atoms with Crippen molar-refractivity contribution >= 4 is 17.4 Å². The Labute approximate surface area is 118 Å². The van der Waals surface area contributed by atoms with E-state index in [-0.39, 0.29) is 17.7 Å². The summed E-state index contributed by atoms with van der Waals surface area (Å²) in [6.45, 7) is 1.92. The van der Waals surface area contributed by atoms with Gasteiger partial charge < -0.3 is 16.3 Å². The van der Waals surface area contributed by atoms with Crippen molar-refractivity contribution in [3.05, 3.63) is 29.3 Å². The number of nitrogens with zero attached hydrogens (tertiary/aromatic N) is 1. The van der Waals surface area contributed by atoms with Gasteiger partial charge in [0.2, 0.25) is 5.91 Å². The van der Waals surface area contributed by atoms with Crippen molar-refractivity contribution in [2.75, 3.05) is 5.32 Å². The summed E-state index contributed by atoms with van der Waals surface area (Å²) in [6, 6.07) is 5.36. The molecule has 0 heterocycles. The number of carbonyl (C=O) groups excluding carboxylic acids is 1. The number of anilines is 1. The minimum absolute atomic E-state index is 0.0400. The zero-order chi connectivity index (χ0) is 14.5. The fraction of sp³-hybridized carbons (Fsp3) is 0.467. The monoisotopic (exact) mass is 275 g/mol. The molecule has 0 saturated heterocycles. The van der Waals surface area contributed by atoms with Crippen LogP contribution in [0.3, 0.4) is 0 Å².